The van der Waals surface area contributed by atoms with Crippen LogP contribution in [0.5, 0.6) is 0 Å². The molecule has 1 aromatic rings. The molecule has 3 N–H and O–H groups in total. The van der Waals surface area contributed by atoms with Crippen molar-refractivity contribution in [1.82, 2.24) is 0 Å². The van der Waals surface area contributed by atoms with Gasteiger partial charge in [-0.25, -0.2) is 0 Å². The third-order valence-electron chi connectivity index (χ3n) is 4.62. The highest BCUT2D eigenvalue weighted by Crippen LogP contribution is 2.34. The molecule has 112 valence electrons. The highest BCUT2D eigenvalue weighted by Gasteiger charge is 2.31. The van der Waals surface area contributed by atoms with Crippen LogP contribution in [0, 0.1) is 5.92 Å². The lowest BCUT2D eigenvalue weighted by atomic mass is 9.88. The van der Waals surface area contributed by atoms with E-state index in [1.54, 1.807) is 0 Å². The van der Waals surface area contributed by atoms with Gasteiger partial charge in [-0.3, -0.25) is 0 Å². The first kappa shape index (κ1) is 15.7. The van der Waals surface area contributed by atoms with E-state index in [0.717, 1.165) is 23.0 Å². The fourth-order valence-electron chi connectivity index (χ4n) is 3.43. The van der Waals surface area contributed by atoms with Crippen molar-refractivity contribution in [3.63, 3.8) is 0 Å². The topological polar surface area (TPSA) is 38.0 Å². The molecule has 1 aliphatic rings. The lowest BCUT2D eigenvalue weighted by Crippen LogP contribution is -2.45. The van der Waals surface area contributed by atoms with Gasteiger partial charge in [0.05, 0.1) is 0 Å². The molecule has 0 radical (unpaired) electrons. The summed E-state index contributed by atoms with van der Waals surface area (Å²) >= 11 is 6.08. The van der Waals surface area contributed by atoms with Crippen LogP contribution < -0.4 is 11.1 Å². The predicted molar refractivity (Wildman–Crippen MR) is 88.3 cm³/mol. The smallest absolute Gasteiger partial charge is 0.0495 e. The van der Waals surface area contributed by atoms with Crippen molar-refractivity contribution in [2.24, 2.45) is 11.7 Å². The van der Waals surface area contributed by atoms with E-state index in [1.165, 1.54) is 38.5 Å². The van der Waals surface area contributed by atoms with Gasteiger partial charge in [-0.2, -0.15) is 0 Å². The second-order valence-corrected chi connectivity index (χ2v) is 6.64. The van der Waals surface area contributed by atoms with Crippen molar-refractivity contribution in [1.29, 1.82) is 0 Å². The van der Waals surface area contributed by atoms with Crippen LogP contribution in [0.4, 0.5) is 5.69 Å². The summed E-state index contributed by atoms with van der Waals surface area (Å²) in [4.78, 5) is 0. The summed E-state index contributed by atoms with van der Waals surface area (Å²) in [5, 5.41) is 4.46. The third kappa shape index (κ3) is 4.13. The first-order valence-electron chi connectivity index (χ1n) is 7.91. The normalized spacial score (nSPS) is 27.1. The highest BCUT2D eigenvalue weighted by molar-refractivity contribution is 6.30. The summed E-state index contributed by atoms with van der Waals surface area (Å²) < 4.78 is 0. The molecule has 2 rings (SSSR count). The van der Waals surface area contributed by atoms with Crippen molar-refractivity contribution in [2.75, 3.05) is 11.9 Å². The Hall–Kier alpha value is -0.730. The maximum Gasteiger partial charge on any atom is 0.0495 e. The molecule has 1 aromatic carbocycles. The van der Waals surface area contributed by atoms with Gasteiger partial charge in [0, 0.05) is 22.8 Å². The van der Waals surface area contributed by atoms with Crippen LogP contribution >= 0.6 is 11.6 Å². The molecule has 0 aromatic heterocycles. The number of nitrogens with one attached hydrogen (secondary N) is 1. The number of halogens is 1. The van der Waals surface area contributed by atoms with Crippen molar-refractivity contribution in [3.05, 3.63) is 29.3 Å². The molecule has 2 nitrogen and oxygen atoms in total. The number of benzene rings is 1. The molecule has 0 aliphatic heterocycles. The Balaban J connectivity index is 2.05. The fraction of sp³-hybridized carbons (Fsp3) is 0.647. The van der Waals surface area contributed by atoms with Gasteiger partial charge in [-0.1, -0.05) is 50.3 Å². The molecule has 0 spiro atoms. The summed E-state index contributed by atoms with van der Waals surface area (Å²) in [6, 6.07) is 7.97. The van der Waals surface area contributed by atoms with Gasteiger partial charge in [-0.15, -0.1) is 0 Å². The minimum absolute atomic E-state index is 0.0488. The molecule has 0 saturated heterocycles. The van der Waals surface area contributed by atoms with Gasteiger partial charge in [0.2, 0.25) is 0 Å². The van der Waals surface area contributed by atoms with Crippen LogP contribution in [-0.4, -0.2) is 12.1 Å². The molecule has 2 unspecified atom stereocenters. The van der Waals surface area contributed by atoms with Gasteiger partial charge >= 0.3 is 0 Å². The number of hydrogen-bond donors (Lipinski definition) is 2. The predicted octanol–water partition coefficient (Wildman–Crippen LogP) is 4.83. The minimum Gasteiger partial charge on any atom is -0.378 e. The van der Waals surface area contributed by atoms with Crippen LogP contribution in [0.3, 0.4) is 0 Å². The van der Waals surface area contributed by atoms with Crippen LogP contribution in [0.15, 0.2) is 24.3 Å². The van der Waals surface area contributed by atoms with Crippen molar-refractivity contribution >= 4 is 17.3 Å². The Morgan fingerprint density at radius 1 is 1.35 bits per heavy atom. The number of rotatable bonds is 5. The second-order valence-electron chi connectivity index (χ2n) is 6.21. The molecular formula is C17H27ClN2. The van der Waals surface area contributed by atoms with Gasteiger partial charge in [0.15, 0.2) is 0 Å². The van der Waals surface area contributed by atoms with E-state index in [0.29, 0.717) is 6.54 Å². The average Bonchev–Trinajstić information content (AvgIpc) is 2.63. The zero-order valence-electron chi connectivity index (χ0n) is 12.5. The van der Waals surface area contributed by atoms with E-state index < -0.39 is 0 Å². The van der Waals surface area contributed by atoms with E-state index >= 15 is 0 Å². The Kier molecular flexibility index (Phi) is 5.74. The molecule has 0 heterocycles. The van der Waals surface area contributed by atoms with E-state index in [-0.39, 0.29) is 5.54 Å². The third-order valence-corrected chi connectivity index (χ3v) is 4.86. The zero-order valence-corrected chi connectivity index (χ0v) is 13.3. The molecule has 20 heavy (non-hydrogen) atoms. The number of nitrogens with two attached hydrogens (primary N) is 1. The quantitative estimate of drug-likeness (QED) is 0.763. The van der Waals surface area contributed by atoms with Crippen LogP contribution in [0.2, 0.25) is 5.02 Å². The van der Waals surface area contributed by atoms with E-state index in [9.17, 15) is 0 Å². The average molecular weight is 295 g/mol. The molecule has 1 aliphatic carbocycles. The monoisotopic (exact) mass is 294 g/mol. The fourth-order valence-corrected chi connectivity index (χ4v) is 3.62. The van der Waals surface area contributed by atoms with Crippen LogP contribution in [0.25, 0.3) is 0 Å². The summed E-state index contributed by atoms with van der Waals surface area (Å²) in [5.74, 6) is 0.884. The SMILES string of the molecule is CCCC1CCCC(CN)(Nc2cccc(Cl)c2)CC1. The van der Waals surface area contributed by atoms with E-state index in [2.05, 4.69) is 18.3 Å². The van der Waals surface area contributed by atoms with Gasteiger partial charge < -0.3 is 11.1 Å². The van der Waals surface area contributed by atoms with Gasteiger partial charge in [0.1, 0.15) is 0 Å². The summed E-state index contributed by atoms with van der Waals surface area (Å²) in [6.45, 7) is 2.98. The summed E-state index contributed by atoms with van der Waals surface area (Å²) in [7, 11) is 0. The molecule has 1 fully saturated rings. The van der Waals surface area contributed by atoms with Gasteiger partial charge in [-0.05, 0) is 43.4 Å². The lowest BCUT2D eigenvalue weighted by Gasteiger charge is -2.34. The van der Waals surface area contributed by atoms with Crippen molar-refractivity contribution in [2.45, 2.75) is 57.4 Å². The lowest BCUT2D eigenvalue weighted by molar-refractivity contribution is 0.390. The Bertz CT molecular complexity index is 421. The van der Waals surface area contributed by atoms with E-state index in [4.69, 9.17) is 17.3 Å². The molecular weight excluding hydrogens is 268 g/mol. The second kappa shape index (κ2) is 7.33. The molecule has 1 saturated carbocycles. The van der Waals surface area contributed by atoms with E-state index in [1.807, 2.05) is 18.2 Å². The zero-order chi connectivity index (χ0) is 14.4. The molecule has 0 bridgehead atoms. The molecule has 0 amide bonds. The highest BCUT2D eigenvalue weighted by atomic mass is 35.5. The number of hydrogen-bond acceptors (Lipinski definition) is 2. The Morgan fingerprint density at radius 3 is 2.90 bits per heavy atom. The maximum absolute atomic E-state index is 6.12. The van der Waals surface area contributed by atoms with Gasteiger partial charge in [0.25, 0.3) is 0 Å². The number of anilines is 1. The minimum atomic E-state index is 0.0488. The maximum atomic E-state index is 6.12. The van der Waals surface area contributed by atoms with Crippen molar-refractivity contribution in [3.8, 4) is 0 Å². The van der Waals surface area contributed by atoms with Crippen LogP contribution in [-0.2, 0) is 0 Å². The first-order valence-corrected chi connectivity index (χ1v) is 8.29. The Labute approximate surface area is 128 Å². The molecule has 3 heteroatoms. The summed E-state index contributed by atoms with van der Waals surface area (Å²) in [6.07, 6.45) is 8.90. The Morgan fingerprint density at radius 2 is 2.20 bits per heavy atom. The van der Waals surface area contributed by atoms with Crippen LogP contribution in [0.1, 0.15) is 51.9 Å². The van der Waals surface area contributed by atoms with Crippen molar-refractivity contribution < 1.29 is 0 Å². The largest absolute Gasteiger partial charge is 0.378 e. The standard InChI is InChI=1S/C17H27ClN2/c1-2-5-14-6-4-10-17(13-19,11-9-14)20-16-8-3-7-15(18)12-16/h3,7-8,12,14,20H,2,4-6,9-11,13,19H2,1H3. The molecule has 2 atom stereocenters. The first-order chi connectivity index (χ1) is 9.67. The summed E-state index contributed by atoms with van der Waals surface area (Å²) in [5.41, 5.74) is 7.26.